The lowest BCUT2D eigenvalue weighted by atomic mass is 10.1. The van der Waals surface area contributed by atoms with Gasteiger partial charge in [-0.3, -0.25) is 9.59 Å². The highest BCUT2D eigenvalue weighted by Crippen LogP contribution is 2.06. The van der Waals surface area contributed by atoms with Gasteiger partial charge in [0.2, 0.25) is 5.91 Å². The zero-order valence-corrected chi connectivity index (χ0v) is 12.0. The minimum atomic E-state index is -0.310. The lowest BCUT2D eigenvalue weighted by Gasteiger charge is -2.08. The fourth-order valence-corrected chi connectivity index (χ4v) is 1.88. The average molecular weight is 283 g/mol. The van der Waals surface area contributed by atoms with Gasteiger partial charge in [0.05, 0.1) is 6.54 Å². The molecule has 0 saturated heterocycles. The summed E-state index contributed by atoms with van der Waals surface area (Å²) in [7, 11) is 0. The second-order valence-corrected chi connectivity index (χ2v) is 4.71. The molecule has 0 radical (unpaired) electrons. The number of nitrogens with one attached hydrogen (secondary N) is 2. The third-order valence-electron chi connectivity index (χ3n) is 2.96. The second-order valence-electron chi connectivity index (χ2n) is 4.71. The third kappa shape index (κ3) is 4.14. The summed E-state index contributed by atoms with van der Waals surface area (Å²) in [5.74, 6) is -0.0966. The molecule has 0 fully saturated rings. The van der Waals surface area contributed by atoms with Gasteiger partial charge in [0.15, 0.2) is 0 Å². The largest absolute Gasteiger partial charge is 0.343 e. The summed E-state index contributed by atoms with van der Waals surface area (Å²) in [6, 6.07) is 12.6. The number of amides is 2. The maximum absolute atomic E-state index is 12.0. The molecule has 0 saturated carbocycles. The van der Waals surface area contributed by atoms with Crippen LogP contribution in [0.2, 0.25) is 0 Å². The van der Waals surface area contributed by atoms with Gasteiger partial charge in [-0.15, -0.1) is 0 Å². The van der Waals surface area contributed by atoms with Crippen molar-refractivity contribution in [2.45, 2.75) is 13.8 Å². The predicted octanol–water partition coefficient (Wildman–Crippen LogP) is 2.07. The zero-order chi connectivity index (χ0) is 15.2. The Morgan fingerprint density at radius 1 is 1.05 bits per heavy atom. The SMILES string of the molecule is Cc1cccc(NC(=O)CNC(=O)c2ccccc2C)n1. The van der Waals surface area contributed by atoms with E-state index in [0.717, 1.165) is 11.3 Å². The van der Waals surface area contributed by atoms with Crippen LogP contribution in [0.25, 0.3) is 0 Å². The number of nitrogens with zero attached hydrogens (tertiary/aromatic N) is 1. The number of aryl methyl sites for hydroxylation is 2. The van der Waals surface area contributed by atoms with Crippen molar-refractivity contribution >= 4 is 17.6 Å². The molecule has 1 aromatic carbocycles. The molecule has 2 rings (SSSR count). The Kier molecular flexibility index (Phi) is 4.66. The molecule has 5 heteroatoms. The Morgan fingerprint density at radius 2 is 1.81 bits per heavy atom. The molecule has 1 heterocycles. The van der Waals surface area contributed by atoms with E-state index >= 15 is 0 Å². The molecule has 0 aliphatic rings. The maximum Gasteiger partial charge on any atom is 0.251 e. The lowest BCUT2D eigenvalue weighted by molar-refractivity contribution is -0.115. The van der Waals surface area contributed by atoms with Crippen LogP contribution in [-0.4, -0.2) is 23.3 Å². The number of pyridine rings is 1. The van der Waals surface area contributed by atoms with E-state index in [1.165, 1.54) is 0 Å². The quantitative estimate of drug-likeness (QED) is 0.902. The number of anilines is 1. The van der Waals surface area contributed by atoms with Crippen LogP contribution in [0.15, 0.2) is 42.5 Å². The van der Waals surface area contributed by atoms with Crippen LogP contribution in [0.4, 0.5) is 5.82 Å². The standard InChI is InChI=1S/C16H17N3O2/c1-11-6-3-4-8-13(11)16(21)17-10-15(20)19-14-9-5-7-12(2)18-14/h3-9H,10H2,1-2H3,(H,17,21)(H,18,19,20). The van der Waals surface area contributed by atoms with Gasteiger partial charge in [-0.25, -0.2) is 4.98 Å². The van der Waals surface area contributed by atoms with Crippen molar-refractivity contribution in [3.05, 3.63) is 59.3 Å². The van der Waals surface area contributed by atoms with Gasteiger partial charge in [0, 0.05) is 11.3 Å². The van der Waals surface area contributed by atoms with Crippen molar-refractivity contribution in [1.29, 1.82) is 0 Å². The fourth-order valence-electron chi connectivity index (χ4n) is 1.88. The summed E-state index contributed by atoms with van der Waals surface area (Å²) in [4.78, 5) is 27.9. The first kappa shape index (κ1) is 14.7. The summed E-state index contributed by atoms with van der Waals surface area (Å²) in [6.45, 7) is 3.60. The number of hydrogen-bond donors (Lipinski definition) is 2. The van der Waals surface area contributed by atoms with Gasteiger partial charge in [0.25, 0.3) is 5.91 Å². The van der Waals surface area contributed by atoms with Crippen LogP contribution in [0.3, 0.4) is 0 Å². The van der Waals surface area contributed by atoms with E-state index in [4.69, 9.17) is 0 Å². The van der Waals surface area contributed by atoms with E-state index in [2.05, 4.69) is 15.6 Å². The van der Waals surface area contributed by atoms with Crippen molar-refractivity contribution in [1.82, 2.24) is 10.3 Å². The molecule has 0 aliphatic heterocycles. The molecular formula is C16H17N3O2. The molecule has 2 aromatic rings. The Balaban J connectivity index is 1.90. The molecule has 2 amide bonds. The highest BCUT2D eigenvalue weighted by atomic mass is 16.2. The topological polar surface area (TPSA) is 71.1 Å². The van der Waals surface area contributed by atoms with E-state index < -0.39 is 0 Å². The van der Waals surface area contributed by atoms with Gasteiger partial charge in [0.1, 0.15) is 5.82 Å². The summed E-state index contributed by atoms with van der Waals surface area (Å²) in [6.07, 6.45) is 0. The van der Waals surface area contributed by atoms with Crippen LogP contribution in [0.5, 0.6) is 0 Å². The summed E-state index contributed by atoms with van der Waals surface area (Å²) < 4.78 is 0. The van der Waals surface area contributed by atoms with Crippen molar-refractivity contribution < 1.29 is 9.59 Å². The van der Waals surface area contributed by atoms with E-state index in [-0.39, 0.29) is 18.4 Å². The van der Waals surface area contributed by atoms with Crippen LogP contribution in [0, 0.1) is 13.8 Å². The lowest BCUT2D eigenvalue weighted by Crippen LogP contribution is -2.33. The van der Waals surface area contributed by atoms with Crippen molar-refractivity contribution in [2.75, 3.05) is 11.9 Å². The molecule has 0 bridgehead atoms. The minimum Gasteiger partial charge on any atom is -0.343 e. The first-order valence-electron chi connectivity index (χ1n) is 6.63. The van der Waals surface area contributed by atoms with Crippen LogP contribution < -0.4 is 10.6 Å². The maximum atomic E-state index is 12.0. The van der Waals surface area contributed by atoms with Gasteiger partial charge in [-0.2, -0.15) is 0 Å². The Labute approximate surface area is 123 Å². The molecule has 1 aromatic heterocycles. The number of aromatic nitrogens is 1. The smallest absolute Gasteiger partial charge is 0.251 e. The monoisotopic (exact) mass is 283 g/mol. The Morgan fingerprint density at radius 3 is 2.52 bits per heavy atom. The summed E-state index contributed by atoms with van der Waals surface area (Å²) in [5, 5.41) is 5.24. The average Bonchev–Trinajstić information content (AvgIpc) is 2.45. The first-order valence-corrected chi connectivity index (χ1v) is 6.63. The van der Waals surface area contributed by atoms with Gasteiger partial charge >= 0.3 is 0 Å². The van der Waals surface area contributed by atoms with E-state index in [1.54, 1.807) is 18.2 Å². The molecule has 0 unspecified atom stereocenters. The van der Waals surface area contributed by atoms with Crippen LogP contribution in [0.1, 0.15) is 21.6 Å². The molecule has 5 nitrogen and oxygen atoms in total. The van der Waals surface area contributed by atoms with Crippen molar-refractivity contribution in [2.24, 2.45) is 0 Å². The highest BCUT2D eigenvalue weighted by molar-refractivity contribution is 5.99. The van der Waals surface area contributed by atoms with E-state index in [1.807, 2.05) is 38.1 Å². The van der Waals surface area contributed by atoms with E-state index in [0.29, 0.717) is 11.4 Å². The zero-order valence-electron chi connectivity index (χ0n) is 12.0. The van der Waals surface area contributed by atoms with Crippen LogP contribution >= 0.6 is 0 Å². The Bertz CT molecular complexity index is 668. The molecule has 108 valence electrons. The molecule has 21 heavy (non-hydrogen) atoms. The molecule has 2 N–H and O–H groups in total. The third-order valence-corrected chi connectivity index (χ3v) is 2.96. The number of benzene rings is 1. The molecular weight excluding hydrogens is 266 g/mol. The molecule has 0 atom stereocenters. The van der Waals surface area contributed by atoms with Crippen molar-refractivity contribution in [3.8, 4) is 0 Å². The number of carbonyl (C=O) groups is 2. The molecule has 0 aliphatic carbocycles. The minimum absolute atomic E-state index is 0.0945. The molecule has 0 spiro atoms. The van der Waals surface area contributed by atoms with Gasteiger partial charge in [-0.1, -0.05) is 24.3 Å². The highest BCUT2D eigenvalue weighted by Gasteiger charge is 2.10. The van der Waals surface area contributed by atoms with Crippen LogP contribution in [-0.2, 0) is 4.79 Å². The normalized spacial score (nSPS) is 10.0. The van der Waals surface area contributed by atoms with Gasteiger partial charge < -0.3 is 10.6 Å². The first-order chi connectivity index (χ1) is 10.1. The second kappa shape index (κ2) is 6.65. The summed E-state index contributed by atoms with van der Waals surface area (Å²) >= 11 is 0. The number of rotatable bonds is 4. The number of carbonyl (C=O) groups excluding carboxylic acids is 2. The van der Waals surface area contributed by atoms with E-state index in [9.17, 15) is 9.59 Å². The van der Waals surface area contributed by atoms with Gasteiger partial charge in [-0.05, 0) is 37.6 Å². The summed E-state index contributed by atoms with van der Waals surface area (Å²) in [5.41, 5.74) is 2.26. The Hall–Kier alpha value is -2.69. The van der Waals surface area contributed by atoms with Crippen molar-refractivity contribution in [3.63, 3.8) is 0 Å². The number of hydrogen-bond acceptors (Lipinski definition) is 3. The predicted molar refractivity (Wildman–Crippen MR) is 81.1 cm³/mol. The fraction of sp³-hybridized carbons (Fsp3) is 0.188.